The van der Waals surface area contributed by atoms with E-state index in [9.17, 15) is 4.79 Å². The van der Waals surface area contributed by atoms with Crippen molar-refractivity contribution in [2.45, 2.75) is 38.1 Å². The van der Waals surface area contributed by atoms with Gasteiger partial charge in [-0.25, -0.2) is 0 Å². The number of hydrogen-bond donors (Lipinski definition) is 2. The van der Waals surface area contributed by atoms with Crippen LogP contribution in [0.1, 0.15) is 32.1 Å². The summed E-state index contributed by atoms with van der Waals surface area (Å²) in [5.41, 5.74) is 0. The first-order chi connectivity index (χ1) is 7.36. The highest BCUT2D eigenvalue weighted by molar-refractivity contribution is 7.99. The summed E-state index contributed by atoms with van der Waals surface area (Å²) in [7, 11) is 0. The molecule has 4 heteroatoms. The van der Waals surface area contributed by atoms with Gasteiger partial charge in [0.2, 0.25) is 5.91 Å². The van der Waals surface area contributed by atoms with Crippen LogP contribution in [0.2, 0.25) is 0 Å². The zero-order valence-electron chi connectivity index (χ0n) is 9.13. The van der Waals surface area contributed by atoms with Gasteiger partial charge in [-0.05, 0) is 12.3 Å². The summed E-state index contributed by atoms with van der Waals surface area (Å²) in [6, 6.07) is 0.0542. The summed E-state index contributed by atoms with van der Waals surface area (Å²) in [4.78, 5) is 11.6. The van der Waals surface area contributed by atoms with Gasteiger partial charge in [0.25, 0.3) is 0 Å². The lowest BCUT2D eigenvalue weighted by molar-refractivity contribution is -0.122. The molecule has 0 radical (unpaired) electrons. The number of carbonyl (C=O) groups excluding carboxylic acids is 1. The fraction of sp³-hybridized carbons (Fsp3) is 0.909. The SMILES string of the molecule is O=C(NCCC1CCCC1)C1CSCN1. The molecule has 1 aliphatic carbocycles. The number of carbonyl (C=O) groups is 1. The van der Waals surface area contributed by atoms with Crippen molar-refractivity contribution < 1.29 is 4.79 Å². The number of amides is 1. The molecule has 15 heavy (non-hydrogen) atoms. The van der Waals surface area contributed by atoms with Crippen LogP contribution in [0.3, 0.4) is 0 Å². The van der Waals surface area contributed by atoms with Crippen LogP contribution >= 0.6 is 11.8 Å². The van der Waals surface area contributed by atoms with Crippen molar-refractivity contribution in [1.82, 2.24) is 10.6 Å². The zero-order chi connectivity index (χ0) is 10.5. The normalized spacial score (nSPS) is 27.1. The predicted octanol–water partition coefficient (Wildman–Crippen LogP) is 1.35. The van der Waals surface area contributed by atoms with Crippen molar-refractivity contribution in [2.75, 3.05) is 18.2 Å². The maximum Gasteiger partial charge on any atom is 0.238 e. The van der Waals surface area contributed by atoms with Crippen LogP contribution in [0, 0.1) is 5.92 Å². The molecule has 0 bridgehead atoms. The minimum atomic E-state index is 0.0542. The summed E-state index contributed by atoms with van der Waals surface area (Å²) in [6.45, 7) is 0.867. The summed E-state index contributed by atoms with van der Waals surface area (Å²) in [5.74, 6) is 2.91. The molecule has 2 aliphatic rings. The molecule has 2 N–H and O–H groups in total. The topological polar surface area (TPSA) is 41.1 Å². The molecule has 2 rings (SSSR count). The number of hydrogen-bond acceptors (Lipinski definition) is 3. The highest BCUT2D eigenvalue weighted by Crippen LogP contribution is 2.26. The fourth-order valence-corrected chi connectivity index (χ4v) is 3.33. The first kappa shape index (κ1) is 11.3. The van der Waals surface area contributed by atoms with Crippen molar-refractivity contribution in [1.29, 1.82) is 0 Å². The Morgan fingerprint density at radius 2 is 2.20 bits per heavy atom. The minimum Gasteiger partial charge on any atom is -0.355 e. The van der Waals surface area contributed by atoms with Crippen LogP contribution < -0.4 is 10.6 Å². The van der Waals surface area contributed by atoms with Crippen LogP contribution in [0.15, 0.2) is 0 Å². The van der Waals surface area contributed by atoms with Gasteiger partial charge < -0.3 is 5.32 Å². The average Bonchev–Trinajstić information content (AvgIpc) is 2.90. The molecular weight excluding hydrogens is 208 g/mol. The Balaban J connectivity index is 1.58. The molecule has 0 aromatic heterocycles. The molecule has 0 aromatic carbocycles. The molecule has 1 atom stereocenters. The van der Waals surface area contributed by atoms with Crippen LogP contribution in [0.5, 0.6) is 0 Å². The van der Waals surface area contributed by atoms with Crippen molar-refractivity contribution in [3.63, 3.8) is 0 Å². The molecule has 1 unspecified atom stereocenters. The smallest absolute Gasteiger partial charge is 0.238 e. The van der Waals surface area contributed by atoms with Crippen molar-refractivity contribution in [2.24, 2.45) is 5.92 Å². The van der Waals surface area contributed by atoms with Crippen LogP contribution in [-0.4, -0.2) is 30.1 Å². The quantitative estimate of drug-likeness (QED) is 0.763. The maximum atomic E-state index is 11.6. The van der Waals surface area contributed by atoms with E-state index in [1.165, 1.54) is 32.1 Å². The molecule has 1 amide bonds. The lowest BCUT2D eigenvalue weighted by Gasteiger charge is -2.12. The Bertz CT molecular complexity index is 211. The summed E-state index contributed by atoms with van der Waals surface area (Å²) >= 11 is 1.80. The molecule has 86 valence electrons. The van der Waals surface area contributed by atoms with Gasteiger partial charge in [0.05, 0.1) is 6.04 Å². The highest BCUT2D eigenvalue weighted by Gasteiger charge is 2.22. The molecule has 3 nitrogen and oxygen atoms in total. The third kappa shape index (κ3) is 3.38. The van der Waals surface area contributed by atoms with Gasteiger partial charge in [0, 0.05) is 18.2 Å². The van der Waals surface area contributed by atoms with Gasteiger partial charge in [-0.15, -0.1) is 11.8 Å². The minimum absolute atomic E-state index is 0.0542. The summed E-state index contributed by atoms with van der Waals surface area (Å²) in [6.07, 6.45) is 6.69. The molecule has 1 aliphatic heterocycles. The number of nitrogens with one attached hydrogen (secondary N) is 2. The first-order valence-electron chi connectivity index (χ1n) is 5.95. The second kappa shape index (κ2) is 5.75. The van der Waals surface area contributed by atoms with Crippen LogP contribution in [0.4, 0.5) is 0 Å². The Labute approximate surface area is 95.8 Å². The van der Waals surface area contributed by atoms with Crippen LogP contribution in [0.25, 0.3) is 0 Å². The van der Waals surface area contributed by atoms with Crippen LogP contribution in [-0.2, 0) is 4.79 Å². The third-order valence-corrected chi connectivity index (χ3v) is 4.30. The lowest BCUT2D eigenvalue weighted by atomic mass is 10.0. The van der Waals surface area contributed by atoms with E-state index < -0.39 is 0 Å². The van der Waals surface area contributed by atoms with Crippen molar-refractivity contribution in [3.05, 3.63) is 0 Å². The fourth-order valence-electron chi connectivity index (χ4n) is 2.39. The molecule has 0 aromatic rings. The molecule has 0 spiro atoms. The third-order valence-electron chi connectivity index (χ3n) is 3.36. The molecule has 2 fully saturated rings. The van der Waals surface area contributed by atoms with E-state index in [0.29, 0.717) is 0 Å². The first-order valence-corrected chi connectivity index (χ1v) is 7.10. The second-order valence-electron chi connectivity index (χ2n) is 4.50. The molecule has 1 saturated carbocycles. The van der Waals surface area contributed by atoms with Gasteiger partial charge in [-0.2, -0.15) is 0 Å². The van der Waals surface area contributed by atoms with E-state index >= 15 is 0 Å². The highest BCUT2D eigenvalue weighted by atomic mass is 32.2. The van der Waals surface area contributed by atoms with E-state index in [1.54, 1.807) is 11.8 Å². The molecule has 1 heterocycles. The average molecular weight is 228 g/mol. The van der Waals surface area contributed by atoms with E-state index in [1.807, 2.05) is 0 Å². The number of thioether (sulfide) groups is 1. The van der Waals surface area contributed by atoms with Crippen molar-refractivity contribution in [3.8, 4) is 0 Å². The predicted molar refractivity (Wildman–Crippen MR) is 63.8 cm³/mol. The Morgan fingerprint density at radius 3 is 2.87 bits per heavy atom. The summed E-state index contributed by atoms with van der Waals surface area (Å²) < 4.78 is 0. The standard InChI is InChI=1S/C11H20N2OS/c14-11(10-7-15-8-13-10)12-6-5-9-3-1-2-4-9/h9-10,13H,1-8H2,(H,12,14). The van der Waals surface area contributed by atoms with Gasteiger partial charge in [-0.1, -0.05) is 25.7 Å². The van der Waals surface area contributed by atoms with Gasteiger partial charge in [0.15, 0.2) is 0 Å². The van der Waals surface area contributed by atoms with Crippen molar-refractivity contribution >= 4 is 17.7 Å². The largest absolute Gasteiger partial charge is 0.355 e. The van der Waals surface area contributed by atoms with Gasteiger partial charge in [-0.3, -0.25) is 10.1 Å². The van der Waals surface area contributed by atoms with E-state index in [4.69, 9.17) is 0 Å². The second-order valence-corrected chi connectivity index (χ2v) is 5.53. The summed E-state index contributed by atoms with van der Waals surface area (Å²) in [5, 5.41) is 6.22. The maximum absolute atomic E-state index is 11.6. The zero-order valence-corrected chi connectivity index (χ0v) is 9.94. The van der Waals surface area contributed by atoms with E-state index in [0.717, 1.165) is 24.1 Å². The molecule has 1 saturated heterocycles. The monoisotopic (exact) mass is 228 g/mol. The van der Waals surface area contributed by atoms with E-state index in [-0.39, 0.29) is 11.9 Å². The molecular formula is C11H20N2OS. The van der Waals surface area contributed by atoms with E-state index in [2.05, 4.69) is 10.6 Å². The van der Waals surface area contributed by atoms with Gasteiger partial charge in [0.1, 0.15) is 0 Å². The lowest BCUT2D eigenvalue weighted by Crippen LogP contribution is -2.42. The van der Waals surface area contributed by atoms with Gasteiger partial charge >= 0.3 is 0 Å². The Morgan fingerprint density at radius 1 is 1.40 bits per heavy atom. The number of rotatable bonds is 4. The Kier molecular flexibility index (Phi) is 4.32. The Hall–Kier alpha value is -0.220.